The van der Waals surface area contributed by atoms with Crippen LogP contribution in [0.15, 0.2) is 103 Å². The molecule has 0 saturated heterocycles. The molecule has 0 N–H and O–H groups in total. The summed E-state index contributed by atoms with van der Waals surface area (Å²) in [6, 6.07) is 33.3. The summed E-state index contributed by atoms with van der Waals surface area (Å²) in [4.78, 5) is 12.9. The van der Waals surface area contributed by atoms with Gasteiger partial charge < -0.3 is 4.74 Å². The quantitative estimate of drug-likeness (QED) is 0.355. The molecule has 138 valence electrons. The van der Waals surface area contributed by atoms with Gasteiger partial charge in [-0.05, 0) is 52.6 Å². The van der Waals surface area contributed by atoms with Crippen LogP contribution < -0.4 is 4.74 Å². The van der Waals surface area contributed by atoms with Gasteiger partial charge in [0.2, 0.25) is 0 Å². The minimum Gasteiger partial charge on any atom is -0.457 e. The van der Waals surface area contributed by atoms with Crippen molar-refractivity contribution in [1.29, 1.82) is 0 Å². The number of hydrogen-bond acceptors (Lipinski definition) is 2. The molecule has 0 fully saturated rings. The van der Waals surface area contributed by atoms with Crippen LogP contribution in [0, 0.1) is 0 Å². The van der Waals surface area contributed by atoms with Crippen LogP contribution in [0.5, 0.6) is 11.5 Å². The Bertz CT molecular complexity index is 1170. The number of carbonyl (C=O) groups is 1. The Hall–Kier alpha value is -3.91. The highest BCUT2D eigenvalue weighted by atomic mass is 16.5. The van der Waals surface area contributed by atoms with E-state index in [9.17, 15) is 4.79 Å². The van der Waals surface area contributed by atoms with Gasteiger partial charge in [0.05, 0.1) is 0 Å². The molecule has 4 aromatic rings. The van der Waals surface area contributed by atoms with Gasteiger partial charge >= 0.3 is 0 Å². The number of ether oxygens (including phenoxy) is 1. The summed E-state index contributed by atoms with van der Waals surface area (Å²) in [6.45, 7) is 0. The van der Waals surface area contributed by atoms with Crippen LogP contribution >= 0.6 is 0 Å². The predicted molar refractivity (Wildman–Crippen MR) is 116 cm³/mol. The van der Waals surface area contributed by atoms with E-state index in [0.717, 1.165) is 44.9 Å². The summed E-state index contributed by atoms with van der Waals surface area (Å²) in [5.41, 5.74) is 5.57. The molecule has 0 aromatic heterocycles. The lowest BCUT2D eigenvalue weighted by Gasteiger charge is -2.21. The first-order valence-corrected chi connectivity index (χ1v) is 9.58. The average molecular weight is 374 g/mol. The van der Waals surface area contributed by atoms with Crippen LogP contribution in [0.2, 0.25) is 0 Å². The zero-order valence-corrected chi connectivity index (χ0v) is 15.7. The molecular weight excluding hydrogens is 356 g/mol. The van der Waals surface area contributed by atoms with Gasteiger partial charge in [0.25, 0.3) is 0 Å². The van der Waals surface area contributed by atoms with Crippen molar-refractivity contribution in [3.05, 3.63) is 131 Å². The third-order valence-corrected chi connectivity index (χ3v) is 5.09. The molecule has 0 amide bonds. The van der Waals surface area contributed by atoms with Gasteiger partial charge in [0, 0.05) is 11.1 Å². The topological polar surface area (TPSA) is 26.3 Å². The SMILES string of the molecule is O=C1c2ccccc2C(=Cc2ccc(Oc3ccccc3)cc2)c2ccccc21. The summed E-state index contributed by atoms with van der Waals surface area (Å²) in [5.74, 6) is 1.69. The maximum Gasteiger partial charge on any atom is 0.194 e. The molecule has 5 rings (SSSR count). The third kappa shape index (κ3) is 3.26. The van der Waals surface area contributed by atoms with Crippen molar-refractivity contribution in [3.8, 4) is 11.5 Å². The third-order valence-electron chi connectivity index (χ3n) is 5.09. The van der Waals surface area contributed by atoms with Gasteiger partial charge in [-0.15, -0.1) is 0 Å². The first kappa shape index (κ1) is 17.2. The summed E-state index contributed by atoms with van der Waals surface area (Å²) < 4.78 is 5.88. The lowest BCUT2D eigenvalue weighted by atomic mass is 9.81. The van der Waals surface area contributed by atoms with Crippen molar-refractivity contribution in [2.45, 2.75) is 0 Å². The number of carbonyl (C=O) groups excluding carboxylic acids is 1. The van der Waals surface area contributed by atoms with Crippen molar-refractivity contribution < 1.29 is 9.53 Å². The first-order valence-electron chi connectivity index (χ1n) is 9.58. The minimum atomic E-state index is 0.0833. The monoisotopic (exact) mass is 374 g/mol. The van der Waals surface area contributed by atoms with Gasteiger partial charge in [0.1, 0.15) is 11.5 Å². The zero-order valence-electron chi connectivity index (χ0n) is 15.7. The van der Waals surface area contributed by atoms with E-state index >= 15 is 0 Å². The van der Waals surface area contributed by atoms with Gasteiger partial charge in [-0.25, -0.2) is 0 Å². The molecule has 0 unspecified atom stereocenters. The lowest BCUT2D eigenvalue weighted by molar-refractivity contribution is 0.103. The van der Waals surface area contributed by atoms with Crippen LogP contribution in [0.4, 0.5) is 0 Å². The molecular formula is C27H18O2. The number of fused-ring (bicyclic) bond motifs is 2. The summed E-state index contributed by atoms with van der Waals surface area (Å²) >= 11 is 0. The van der Waals surface area contributed by atoms with E-state index in [2.05, 4.69) is 6.08 Å². The standard InChI is InChI=1S/C27H18O2/c28-27-24-12-6-4-10-22(24)26(23-11-5-7-13-25(23)27)18-19-14-16-21(17-15-19)29-20-8-2-1-3-9-20/h1-18H. The second kappa shape index (κ2) is 7.25. The molecule has 2 nitrogen and oxygen atoms in total. The van der Waals surface area contributed by atoms with E-state index in [-0.39, 0.29) is 5.78 Å². The molecule has 1 aliphatic carbocycles. The molecule has 2 heteroatoms. The summed E-state index contributed by atoms with van der Waals surface area (Å²) in [5, 5.41) is 0. The van der Waals surface area contributed by atoms with Crippen molar-refractivity contribution in [2.75, 3.05) is 0 Å². The Labute approximate surface area is 169 Å². The number of ketones is 1. The van der Waals surface area contributed by atoms with E-state index in [1.54, 1.807) is 0 Å². The average Bonchev–Trinajstić information content (AvgIpc) is 2.78. The molecule has 0 atom stereocenters. The van der Waals surface area contributed by atoms with E-state index in [4.69, 9.17) is 4.74 Å². The maximum atomic E-state index is 12.9. The van der Waals surface area contributed by atoms with E-state index < -0.39 is 0 Å². The molecule has 0 aliphatic heterocycles. The minimum absolute atomic E-state index is 0.0833. The Morgan fingerprint density at radius 1 is 0.517 bits per heavy atom. The fourth-order valence-electron chi connectivity index (χ4n) is 3.70. The Morgan fingerprint density at radius 2 is 1.00 bits per heavy atom. The first-order chi connectivity index (χ1) is 14.3. The molecule has 0 bridgehead atoms. The zero-order chi connectivity index (χ0) is 19.6. The highest BCUT2D eigenvalue weighted by Gasteiger charge is 2.25. The molecule has 29 heavy (non-hydrogen) atoms. The Kier molecular flexibility index (Phi) is 4.30. The molecule has 0 saturated carbocycles. The van der Waals surface area contributed by atoms with E-state index in [1.807, 2.05) is 103 Å². The van der Waals surface area contributed by atoms with Gasteiger partial charge in [-0.1, -0.05) is 78.9 Å². The molecule has 4 aromatic carbocycles. The fourth-order valence-corrected chi connectivity index (χ4v) is 3.70. The normalized spacial score (nSPS) is 12.1. The van der Waals surface area contributed by atoms with Gasteiger partial charge in [0.15, 0.2) is 5.78 Å². The van der Waals surface area contributed by atoms with Crippen molar-refractivity contribution in [3.63, 3.8) is 0 Å². The van der Waals surface area contributed by atoms with Gasteiger partial charge in [-0.2, -0.15) is 0 Å². The fraction of sp³-hybridized carbons (Fsp3) is 0. The maximum absolute atomic E-state index is 12.9. The number of hydrogen-bond donors (Lipinski definition) is 0. The smallest absolute Gasteiger partial charge is 0.194 e. The largest absolute Gasteiger partial charge is 0.457 e. The van der Waals surface area contributed by atoms with Crippen molar-refractivity contribution in [1.82, 2.24) is 0 Å². The number of para-hydroxylation sites is 1. The van der Waals surface area contributed by atoms with Crippen molar-refractivity contribution in [2.24, 2.45) is 0 Å². The van der Waals surface area contributed by atoms with Crippen molar-refractivity contribution >= 4 is 17.4 Å². The predicted octanol–water partition coefficient (Wildman–Crippen LogP) is 6.61. The van der Waals surface area contributed by atoms with Crippen LogP contribution in [0.3, 0.4) is 0 Å². The molecule has 0 heterocycles. The second-order valence-corrected chi connectivity index (χ2v) is 6.96. The van der Waals surface area contributed by atoms with E-state index in [0.29, 0.717) is 0 Å². The Morgan fingerprint density at radius 3 is 1.59 bits per heavy atom. The molecule has 0 spiro atoms. The number of benzene rings is 4. The van der Waals surface area contributed by atoms with Crippen LogP contribution in [-0.4, -0.2) is 5.78 Å². The lowest BCUT2D eigenvalue weighted by Crippen LogP contribution is -2.14. The highest BCUT2D eigenvalue weighted by molar-refractivity contribution is 6.20. The summed E-state index contributed by atoms with van der Waals surface area (Å²) in [7, 11) is 0. The van der Waals surface area contributed by atoms with Crippen LogP contribution in [0.1, 0.15) is 32.6 Å². The number of rotatable bonds is 3. The Balaban J connectivity index is 1.54. The van der Waals surface area contributed by atoms with Crippen LogP contribution in [0.25, 0.3) is 11.6 Å². The second-order valence-electron chi connectivity index (χ2n) is 6.96. The molecule has 1 aliphatic rings. The van der Waals surface area contributed by atoms with Crippen LogP contribution in [-0.2, 0) is 0 Å². The van der Waals surface area contributed by atoms with Gasteiger partial charge in [-0.3, -0.25) is 4.79 Å². The molecule has 0 radical (unpaired) electrons. The highest BCUT2D eigenvalue weighted by Crippen LogP contribution is 2.37. The van der Waals surface area contributed by atoms with E-state index in [1.165, 1.54) is 0 Å². The summed E-state index contributed by atoms with van der Waals surface area (Å²) in [6.07, 6.45) is 2.14.